The van der Waals surface area contributed by atoms with Crippen LogP contribution in [0, 0.1) is 17.8 Å². The van der Waals surface area contributed by atoms with Gasteiger partial charge in [0.05, 0.1) is 13.5 Å². The molecule has 2 atom stereocenters. The van der Waals surface area contributed by atoms with Crippen LogP contribution in [0.2, 0.25) is 0 Å². The smallest absolute Gasteiger partial charge is 0.307 e. The average Bonchev–Trinajstić information content (AvgIpc) is 2.96. The Kier molecular flexibility index (Phi) is 3.69. The van der Waals surface area contributed by atoms with E-state index in [0.717, 1.165) is 24.7 Å². The van der Waals surface area contributed by atoms with Gasteiger partial charge in [-0.25, -0.2) is 0 Å². The van der Waals surface area contributed by atoms with Gasteiger partial charge in [0.15, 0.2) is 0 Å². The Bertz CT molecular complexity index is 306. The number of nitrogens with zero attached hydrogens (tertiary/aromatic N) is 1. The maximum Gasteiger partial charge on any atom is 0.307 e. The van der Waals surface area contributed by atoms with Crippen LogP contribution in [0.1, 0.15) is 32.6 Å². The van der Waals surface area contributed by atoms with Gasteiger partial charge in [-0.1, -0.05) is 0 Å². The third-order valence-corrected chi connectivity index (χ3v) is 4.10. The summed E-state index contributed by atoms with van der Waals surface area (Å²) in [6.07, 6.45) is 3.77. The van der Waals surface area contributed by atoms with Gasteiger partial charge in [0.25, 0.3) is 0 Å². The molecule has 2 unspecified atom stereocenters. The minimum Gasteiger partial charge on any atom is -0.469 e. The van der Waals surface area contributed by atoms with Crippen molar-refractivity contribution in [2.45, 2.75) is 32.6 Å². The summed E-state index contributed by atoms with van der Waals surface area (Å²) in [5.74, 6) is 1.86. The van der Waals surface area contributed by atoms with Crippen molar-refractivity contribution >= 4 is 11.9 Å². The van der Waals surface area contributed by atoms with Crippen molar-refractivity contribution in [2.24, 2.45) is 17.8 Å². The Balaban J connectivity index is 1.80. The molecule has 4 heteroatoms. The van der Waals surface area contributed by atoms with Crippen molar-refractivity contribution in [3.05, 3.63) is 0 Å². The predicted octanol–water partition coefficient (Wildman–Crippen LogP) is 1.44. The maximum atomic E-state index is 12.2. The Morgan fingerprint density at radius 3 is 2.41 bits per heavy atom. The first-order chi connectivity index (χ1) is 8.15. The molecule has 0 radical (unpaired) electrons. The fourth-order valence-electron chi connectivity index (χ4n) is 2.93. The lowest BCUT2D eigenvalue weighted by atomic mass is 10.0. The number of carbonyl (C=O) groups excluding carboxylic acids is 2. The van der Waals surface area contributed by atoms with Crippen LogP contribution >= 0.6 is 0 Å². The number of hydrogen-bond acceptors (Lipinski definition) is 3. The molecule has 0 bridgehead atoms. The largest absolute Gasteiger partial charge is 0.469 e. The van der Waals surface area contributed by atoms with Crippen LogP contribution in [0.3, 0.4) is 0 Å². The van der Waals surface area contributed by atoms with Gasteiger partial charge < -0.3 is 9.64 Å². The monoisotopic (exact) mass is 239 g/mol. The third kappa shape index (κ3) is 2.79. The molecule has 1 amide bonds. The summed E-state index contributed by atoms with van der Waals surface area (Å²) in [7, 11) is 1.38. The summed E-state index contributed by atoms with van der Waals surface area (Å²) >= 11 is 0. The summed E-state index contributed by atoms with van der Waals surface area (Å²) in [4.78, 5) is 25.1. The zero-order chi connectivity index (χ0) is 12.4. The molecular weight excluding hydrogens is 218 g/mol. The Morgan fingerprint density at radius 2 is 1.88 bits per heavy atom. The van der Waals surface area contributed by atoms with E-state index in [1.165, 1.54) is 13.5 Å². The van der Waals surface area contributed by atoms with E-state index in [9.17, 15) is 9.59 Å². The first kappa shape index (κ1) is 12.4. The molecule has 0 spiro atoms. The predicted molar refractivity (Wildman–Crippen MR) is 63.2 cm³/mol. The highest BCUT2D eigenvalue weighted by molar-refractivity contribution is 5.80. The number of rotatable bonds is 5. The van der Waals surface area contributed by atoms with Crippen LogP contribution < -0.4 is 0 Å². The molecule has 0 aromatic heterocycles. The highest BCUT2D eigenvalue weighted by Gasteiger charge is 2.48. The number of esters is 1. The molecule has 2 fully saturated rings. The van der Waals surface area contributed by atoms with E-state index < -0.39 is 0 Å². The molecule has 0 aliphatic heterocycles. The summed E-state index contributed by atoms with van der Waals surface area (Å²) in [5.41, 5.74) is 0. The van der Waals surface area contributed by atoms with E-state index in [0.29, 0.717) is 19.5 Å². The zero-order valence-electron chi connectivity index (χ0n) is 10.6. The third-order valence-electron chi connectivity index (χ3n) is 4.10. The van der Waals surface area contributed by atoms with Crippen LogP contribution in [0.15, 0.2) is 0 Å². The van der Waals surface area contributed by atoms with Gasteiger partial charge in [-0.15, -0.1) is 0 Å². The van der Waals surface area contributed by atoms with Gasteiger partial charge in [-0.2, -0.15) is 0 Å². The minimum atomic E-state index is -0.245. The van der Waals surface area contributed by atoms with Crippen molar-refractivity contribution in [1.82, 2.24) is 4.90 Å². The van der Waals surface area contributed by atoms with Gasteiger partial charge in [0, 0.05) is 19.0 Å². The summed E-state index contributed by atoms with van der Waals surface area (Å²) in [5, 5.41) is 0. The number of amides is 1. The molecule has 0 heterocycles. The van der Waals surface area contributed by atoms with Crippen LogP contribution in [-0.2, 0) is 14.3 Å². The van der Waals surface area contributed by atoms with E-state index in [4.69, 9.17) is 0 Å². The average molecular weight is 239 g/mol. The Hall–Kier alpha value is -1.06. The first-order valence-electron chi connectivity index (χ1n) is 6.51. The summed E-state index contributed by atoms with van der Waals surface area (Å²) in [6.45, 7) is 3.14. The molecule has 2 rings (SSSR count). The quantitative estimate of drug-likeness (QED) is 0.682. The van der Waals surface area contributed by atoms with Crippen LogP contribution in [0.4, 0.5) is 0 Å². The Morgan fingerprint density at radius 1 is 1.24 bits per heavy atom. The van der Waals surface area contributed by atoms with E-state index >= 15 is 0 Å². The molecule has 0 aromatic carbocycles. The molecule has 96 valence electrons. The molecule has 0 N–H and O–H groups in total. The lowest BCUT2D eigenvalue weighted by Gasteiger charge is -2.24. The van der Waals surface area contributed by atoms with E-state index in [1.807, 2.05) is 6.92 Å². The van der Waals surface area contributed by atoms with Gasteiger partial charge in [0.1, 0.15) is 0 Å². The van der Waals surface area contributed by atoms with Gasteiger partial charge in [-0.05, 0) is 38.0 Å². The fraction of sp³-hybridized carbons (Fsp3) is 0.846. The normalized spacial score (nSPS) is 29.6. The summed E-state index contributed by atoms with van der Waals surface area (Å²) < 4.78 is 4.60. The van der Waals surface area contributed by atoms with Crippen molar-refractivity contribution in [1.29, 1.82) is 0 Å². The van der Waals surface area contributed by atoms with Crippen LogP contribution in [0.5, 0.6) is 0 Å². The number of fused-ring (bicyclic) bond motifs is 1. The molecule has 4 nitrogen and oxygen atoms in total. The highest BCUT2D eigenvalue weighted by Crippen LogP contribution is 2.54. The van der Waals surface area contributed by atoms with Crippen LogP contribution in [-0.4, -0.2) is 37.0 Å². The van der Waals surface area contributed by atoms with E-state index in [1.54, 1.807) is 4.90 Å². The van der Waals surface area contributed by atoms with Crippen molar-refractivity contribution in [2.75, 3.05) is 20.2 Å². The van der Waals surface area contributed by atoms with Gasteiger partial charge in [0.2, 0.25) is 5.91 Å². The molecule has 2 aliphatic carbocycles. The van der Waals surface area contributed by atoms with Crippen molar-refractivity contribution < 1.29 is 14.3 Å². The topological polar surface area (TPSA) is 46.6 Å². The van der Waals surface area contributed by atoms with Crippen molar-refractivity contribution in [3.8, 4) is 0 Å². The summed E-state index contributed by atoms with van der Waals surface area (Å²) in [6, 6.07) is 0. The second-order valence-electron chi connectivity index (χ2n) is 5.17. The second-order valence-corrected chi connectivity index (χ2v) is 5.17. The number of ether oxygens (including phenoxy) is 1. The molecule has 0 aromatic rings. The fourth-order valence-corrected chi connectivity index (χ4v) is 2.93. The maximum absolute atomic E-state index is 12.2. The standard InChI is InChI=1S/C13H21NO3/c1-3-14(5-4-12(15)17-2)13(16)11-7-9-6-10(9)8-11/h9-11H,3-8H2,1-2H3. The molecule has 0 saturated heterocycles. The molecule has 2 aliphatic rings. The van der Waals surface area contributed by atoms with Crippen LogP contribution in [0.25, 0.3) is 0 Å². The first-order valence-corrected chi connectivity index (χ1v) is 6.51. The minimum absolute atomic E-state index is 0.219. The SMILES string of the molecule is CCN(CCC(=O)OC)C(=O)C1CC2CC2C1. The molecule has 2 saturated carbocycles. The molecular formula is C13H21NO3. The second kappa shape index (κ2) is 5.07. The lowest BCUT2D eigenvalue weighted by Crippen LogP contribution is -2.37. The number of hydrogen-bond donors (Lipinski definition) is 0. The van der Waals surface area contributed by atoms with Gasteiger partial charge >= 0.3 is 5.97 Å². The zero-order valence-corrected chi connectivity index (χ0v) is 10.6. The van der Waals surface area contributed by atoms with E-state index in [-0.39, 0.29) is 17.8 Å². The number of carbonyl (C=O) groups is 2. The van der Waals surface area contributed by atoms with E-state index in [2.05, 4.69) is 4.74 Å². The van der Waals surface area contributed by atoms with Crippen molar-refractivity contribution in [3.63, 3.8) is 0 Å². The van der Waals surface area contributed by atoms with Gasteiger partial charge in [-0.3, -0.25) is 9.59 Å². The molecule has 17 heavy (non-hydrogen) atoms. The Labute approximate surface area is 102 Å². The number of methoxy groups -OCH3 is 1. The highest BCUT2D eigenvalue weighted by atomic mass is 16.5. The lowest BCUT2D eigenvalue weighted by molar-refractivity contribution is -0.142.